The standard InChI is InChI=1S/C3H8.C2N2O2S/c1-3-2;5-1-3-7-4-2-6/h3H2,1-2H3;. The minimum Gasteiger partial charge on any atom is -0.210 e. The fourth-order valence-electron chi connectivity index (χ4n) is 0.0537. The number of isocyanates is 2. The molecule has 0 rings (SSSR count). The molecule has 5 heteroatoms. The lowest BCUT2D eigenvalue weighted by Gasteiger charge is -1.60. The van der Waals surface area contributed by atoms with Crippen LogP contribution in [0.5, 0.6) is 0 Å². The fourth-order valence-corrected chi connectivity index (χ4v) is 0.161. The van der Waals surface area contributed by atoms with E-state index in [1.54, 1.807) is 0 Å². The molecule has 0 spiro atoms. The number of carbonyl (C=O) groups excluding carboxylic acids is 2. The van der Waals surface area contributed by atoms with E-state index in [0.717, 1.165) is 0 Å². The molecule has 0 radical (unpaired) electrons. The molecule has 4 nitrogen and oxygen atoms in total. The fraction of sp³-hybridized carbons (Fsp3) is 0.600. The topological polar surface area (TPSA) is 58.9 Å². The molecule has 0 unspecified atom stereocenters. The van der Waals surface area contributed by atoms with Gasteiger partial charge in [-0.3, -0.25) is 0 Å². The van der Waals surface area contributed by atoms with Crippen molar-refractivity contribution in [3.63, 3.8) is 0 Å². The van der Waals surface area contributed by atoms with Crippen LogP contribution in [0, 0.1) is 0 Å². The van der Waals surface area contributed by atoms with Crippen molar-refractivity contribution in [2.24, 2.45) is 8.80 Å². The lowest BCUT2D eigenvalue weighted by Crippen LogP contribution is -1.43. The van der Waals surface area contributed by atoms with Crippen LogP contribution in [0.25, 0.3) is 0 Å². The number of hydrogen-bond acceptors (Lipinski definition) is 5. The zero-order valence-corrected chi connectivity index (χ0v) is 6.64. The Hall–Kier alpha value is -0.890. The third-order valence-corrected chi connectivity index (χ3v) is 0.469. The molecule has 0 aliphatic heterocycles. The van der Waals surface area contributed by atoms with E-state index in [1.807, 2.05) is 0 Å². The van der Waals surface area contributed by atoms with Crippen molar-refractivity contribution in [1.82, 2.24) is 0 Å². The van der Waals surface area contributed by atoms with Gasteiger partial charge in [0.15, 0.2) is 0 Å². The lowest BCUT2D eigenvalue weighted by atomic mass is 10.6. The second-order valence-electron chi connectivity index (χ2n) is 1.15. The van der Waals surface area contributed by atoms with Gasteiger partial charge in [0.1, 0.15) is 12.1 Å². The molecule has 0 amide bonds. The summed E-state index contributed by atoms with van der Waals surface area (Å²) in [4.78, 5) is 18.4. The maximum Gasteiger partial charge on any atom is 0.249 e. The molecule has 0 aliphatic rings. The van der Waals surface area contributed by atoms with Crippen molar-refractivity contribution >= 4 is 24.3 Å². The van der Waals surface area contributed by atoms with Crippen LogP contribution in [0.1, 0.15) is 20.3 Å². The molecule has 0 fully saturated rings. The highest BCUT2D eigenvalue weighted by atomic mass is 32.2. The third kappa shape index (κ3) is 27.4. The van der Waals surface area contributed by atoms with Crippen LogP contribution in [0.2, 0.25) is 0 Å². The van der Waals surface area contributed by atoms with Crippen LogP contribution < -0.4 is 0 Å². The minimum atomic E-state index is 0.456. The Balaban J connectivity index is 0. The maximum absolute atomic E-state index is 9.18. The predicted octanol–water partition coefficient (Wildman–Crippen LogP) is 1.64. The van der Waals surface area contributed by atoms with Gasteiger partial charge in [0, 0.05) is 0 Å². The summed E-state index contributed by atoms with van der Waals surface area (Å²) in [5, 5.41) is 0. The van der Waals surface area contributed by atoms with E-state index >= 15 is 0 Å². The molecule has 0 N–H and O–H groups in total. The molecule has 0 saturated heterocycles. The van der Waals surface area contributed by atoms with Gasteiger partial charge in [0.2, 0.25) is 12.2 Å². The van der Waals surface area contributed by atoms with Crippen molar-refractivity contribution in [1.29, 1.82) is 0 Å². The van der Waals surface area contributed by atoms with Gasteiger partial charge in [0.25, 0.3) is 0 Å². The van der Waals surface area contributed by atoms with Crippen LogP contribution in [0.15, 0.2) is 8.80 Å². The first kappa shape index (κ1) is 11.9. The average molecular weight is 160 g/mol. The summed E-state index contributed by atoms with van der Waals surface area (Å²) in [6.45, 7) is 4.25. The summed E-state index contributed by atoms with van der Waals surface area (Å²) < 4.78 is 5.69. The molecular formula is C5H8N2O2S. The summed E-state index contributed by atoms with van der Waals surface area (Å²) in [6, 6.07) is 0. The molecule has 0 aromatic rings. The van der Waals surface area contributed by atoms with Crippen molar-refractivity contribution in [3.8, 4) is 0 Å². The largest absolute Gasteiger partial charge is 0.249 e. The summed E-state index contributed by atoms with van der Waals surface area (Å²) in [5.74, 6) is 0. The molecule has 0 aromatic carbocycles. The van der Waals surface area contributed by atoms with Gasteiger partial charge in [-0.15, -0.1) is 8.80 Å². The molecule has 10 heavy (non-hydrogen) atoms. The van der Waals surface area contributed by atoms with Gasteiger partial charge in [-0.2, -0.15) is 0 Å². The normalized spacial score (nSPS) is 5.80. The maximum atomic E-state index is 9.18. The Morgan fingerprint density at radius 1 is 1.20 bits per heavy atom. The molecule has 0 atom stereocenters. The lowest BCUT2D eigenvalue weighted by molar-refractivity contribution is 0.566. The molecule has 0 aromatic heterocycles. The van der Waals surface area contributed by atoms with Crippen molar-refractivity contribution < 1.29 is 9.59 Å². The highest BCUT2D eigenvalue weighted by Gasteiger charge is 1.66. The van der Waals surface area contributed by atoms with Crippen LogP contribution in [-0.4, -0.2) is 12.2 Å². The van der Waals surface area contributed by atoms with E-state index in [2.05, 4.69) is 22.6 Å². The van der Waals surface area contributed by atoms with Crippen molar-refractivity contribution in [3.05, 3.63) is 0 Å². The summed E-state index contributed by atoms with van der Waals surface area (Å²) in [5.41, 5.74) is 0. The van der Waals surface area contributed by atoms with E-state index in [1.165, 1.54) is 18.6 Å². The van der Waals surface area contributed by atoms with Crippen LogP contribution in [0.4, 0.5) is 0 Å². The Kier molecular flexibility index (Phi) is 18.6. The van der Waals surface area contributed by atoms with E-state index in [-0.39, 0.29) is 0 Å². The van der Waals surface area contributed by atoms with E-state index in [4.69, 9.17) is 0 Å². The van der Waals surface area contributed by atoms with E-state index in [9.17, 15) is 9.59 Å². The van der Waals surface area contributed by atoms with Gasteiger partial charge in [-0.1, -0.05) is 20.3 Å². The van der Waals surface area contributed by atoms with E-state index < -0.39 is 0 Å². The summed E-state index contributed by atoms with van der Waals surface area (Å²) in [6.07, 6.45) is 3.59. The Labute approximate surface area is 63.7 Å². The first-order valence-electron chi connectivity index (χ1n) is 2.63. The minimum absolute atomic E-state index is 0.456. The van der Waals surface area contributed by atoms with Crippen LogP contribution in [0.3, 0.4) is 0 Å². The third-order valence-electron chi connectivity index (χ3n) is 0.156. The van der Waals surface area contributed by atoms with Crippen molar-refractivity contribution in [2.75, 3.05) is 0 Å². The smallest absolute Gasteiger partial charge is 0.210 e. The van der Waals surface area contributed by atoms with Gasteiger partial charge in [-0.25, -0.2) is 9.59 Å². The second-order valence-corrected chi connectivity index (χ2v) is 1.68. The molecular weight excluding hydrogens is 152 g/mol. The molecule has 0 saturated carbocycles. The zero-order chi connectivity index (χ0) is 8.24. The average Bonchev–Trinajstić information content (AvgIpc) is 1.91. The first-order valence-corrected chi connectivity index (χ1v) is 3.37. The van der Waals surface area contributed by atoms with Gasteiger partial charge >= 0.3 is 0 Å². The Morgan fingerprint density at radius 3 is 1.70 bits per heavy atom. The van der Waals surface area contributed by atoms with Gasteiger partial charge in [0.05, 0.1) is 0 Å². The number of hydrogen-bond donors (Lipinski definition) is 0. The Morgan fingerprint density at radius 2 is 1.50 bits per heavy atom. The summed E-state index contributed by atoms with van der Waals surface area (Å²) in [7, 11) is 0. The molecule has 0 bridgehead atoms. The van der Waals surface area contributed by atoms with E-state index in [0.29, 0.717) is 12.1 Å². The van der Waals surface area contributed by atoms with Gasteiger partial charge in [-0.05, 0) is 0 Å². The number of nitrogens with zero attached hydrogens (tertiary/aromatic N) is 2. The first-order chi connectivity index (χ1) is 4.83. The molecule has 0 heterocycles. The number of rotatable bonds is 2. The predicted molar refractivity (Wildman–Crippen MR) is 39.8 cm³/mol. The monoisotopic (exact) mass is 160 g/mol. The van der Waals surface area contributed by atoms with Crippen LogP contribution >= 0.6 is 12.1 Å². The van der Waals surface area contributed by atoms with Crippen LogP contribution in [-0.2, 0) is 9.59 Å². The molecule has 0 aliphatic carbocycles. The van der Waals surface area contributed by atoms with Gasteiger partial charge < -0.3 is 0 Å². The molecule has 56 valence electrons. The summed E-state index contributed by atoms with van der Waals surface area (Å²) >= 11 is 0.456. The van der Waals surface area contributed by atoms with Crippen molar-refractivity contribution in [2.45, 2.75) is 20.3 Å². The zero-order valence-electron chi connectivity index (χ0n) is 5.83. The highest BCUT2D eigenvalue weighted by Crippen LogP contribution is 1.96. The second kappa shape index (κ2) is 15.7. The Bertz CT molecular complexity index is 132. The SMILES string of the molecule is CCC.O=C=NSN=C=O. The highest BCUT2D eigenvalue weighted by molar-refractivity contribution is 7.96. The quantitative estimate of drug-likeness (QED) is 0.350.